The first kappa shape index (κ1) is 15.1. The van der Waals surface area contributed by atoms with Crippen molar-refractivity contribution in [3.8, 4) is 5.75 Å². The number of amides is 1. The maximum atomic E-state index is 11.9. The molecule has 21 heavy (non-hydrogen) atoms. The molecule has 0 bridgehead atoms. The number of hydrogen-bond donors (Lipinski definition) is 1. The number of anilines is 1. The lowest BCUT2D eigenvalue weighted by atomic mass is 10.1. The molecule has 0 spiro atoms. The zero-order valence-corrected chi connectivity index (χ0v) is 12.6. The molecule has 0 aliphatic rings. The van der Waals surface area contributed by atoms with E-state index in [4.69, 9.17) is 16.3 Å². The van der Waals surface area contributed by atoms with E-state index in [-0.39, 0.29) is 5.91 Å². The van der Waals surface area contributed by atoms with Crippen molar-refractivity contribution in [1.82, 2.24) is 0 Å². The van der Waals surface area contributed by atoms with Crippen LogP contribution in [0.5, 0.6) is 5.75 Å². The fourth-order valence-corrected chi connectivity index (χ4v) is 1.96. The van der Waals surface area contributed by atoms with Gasteiger partial charge in [0.2, 0.25) is 5.91 Å². The Kier molecular flexibility index (Phi) is 5.01. The third-order valence-corrected chi connectivity index (χ3v) is 3.37. The van der Waals surface area contributed by atoms with Crippen molar-refractivity contribution in [1.29, 1.82) is 0 Å². The quantitative estimate of drug-likeness (QED) is 0.855. The highest BCUT2D eigenvalue weighted by Crippen LogP contribution is 2.18. The smallest absolute Gasteiger partial charge is 0.248 e. The van der Waals surface area contributed by atoms with Crippen LogP contribution >= 0.6 is 11.6 Å². The van der Waals surface area contributed by atoms with Crippen LogP contribution in [0.3, 0.4) is 0 Å². The Morgan fingerprint density at radius 2 is 2.05 bits per heavy atom. The zero-order chi connectivity index (χ0) is 15.2. The number of carbonyl (C=O) groups is 1. The van der Waals surface area contributed by atoms with Gasteiger partial charge >= 0.3 is 0 Å². The van der Waals surface area contributed by atoms with Gasteiger partial charge in [0.15, 0.2) is 0 Å². The van der Waals surface area contributed by atoms with Crippen LogP contribution in [0.25, 0.3) is 6.08 Å². The third-order valence-electron chi connectivity index (χ3n) is 2.96. The number of nitrogens with one attached hydrogen (secondary N) is 1. The third kappa shape index (κ3) is 4.36. The summed E-state index contributed by atoms with van der Waals surface area (Å²) in [6.45, 7) is 1.94. The Morgan fingerprint density at radius 1 is 1.24 bits per heavy atom. The molecule has 0 saturated heterocycles. The maximum Gasteiger partial charge on any atom is 0.248 e. The van der Waals surface area contributed by atoms with Crippen molar-refractivity contribution in [2.24, 2.45) is 0 Å². The summed E-state index contributed by atoms with van der Waals surface area (Å²) in [7, 11) is 1.59. The topological polar surface area (TPSA) is 38.3 Å². The molecule has 0 atom stereocenters. The number of halogens is 1. The van der Waals surface area contributed by atoms with Gasteiger partial charge < -0.3 is 10.1 Å². The van der Waals surface area contributed by atoms with Crippen LogP contribution in [0.15, 0.2) is 48.5 Å². The highest BCUT2D eigenvalue weighted by Gasteiger charge is 2.00. The van der Waals surface area contributed by atoms with Gasteiger partial charge in [-0.05, 0) is 42.3 Å². The van der Waals surface area contributed by atoms with E-state index in [0.717, 1.165) is 11.1 Å². The lowest BCUT2D eigenvalue weighted by Crippen LogP contribution is -2.07. The summed E-state index contributed by atoms with van der Waals surface area (Å²) in [5.74, 6) is 0.488. The first-order valence-electron chi connectivity index (χ1n) is 6.48. The van der Waals surface area contributed by atoms with E-state index >= 15 is 0 Å². The van der Waals surface area contributed by atoms with Crippen molar-refractivity contribution >= 4 is 29.3 Å². The van der Waals surface area contributed by atoms with Crippen molar-refractivity contribution in [2.45, 2.75) is 6.92 Å². The summed E-state index contributed by atoms with van der Waals surface area (Å²) in [5.41, 5.74) is 2.58. The standard InChI is InChI=1S/C17H16ClNO2/c1-12-6-7-13(10-16(12)18)8-9-17(20)19-14-4-3-5-15(11-14)21-2/h3-11H,1-2H3,(H,19,20)/b9-8+. The fourth-order valence-electron chi connectivity index (χ4n) is 1.77. The molecule has 0 unspecified atom stereocenters. The Bertz CT molecular complexity index is 680. The second-order valence-corrected chi connectivity index (χ2v) is 4.97. The summed E-state index contributed by atoms with van der Waals surface area (Å²) in [6.07, 6.45) is 3.20. The molecule has 0 aliphatic carbocycles. The van der Waals surface area contributed by atoms with Crippen LogP contribution < -0.4 is 10.1 Å². The number of ether oxygens (including phenoxy) is 1. The van der Waals surface area contributed by atoms with Crippen molar-refractivity contribution in [2.75, 3.05) is 12.4 Å². The molecule has 1 amide bonds. The Hall–Kier alpha value is -2.26. The monoisotopic (exact) mass is 301 g/mol. The summed E-state index contributed by atoms with van der Waals surface area (Å²) in [5, 5.41) is 3.46. The summed E-state index contributed by atoms with van der Waals surface area (Å²) in [6, 6.07) is 12.9. The van der Waals surface area contributed by atoms with E-state index in [1.807, 2.05) is 37.3 Å². The molecular weight excluding hydrogens is 286 g/mol. The van der Waals surface area contributed by atoms with Gasteiger partial charge in [-0.1, -0.05) is 29.8 Å². The highest BCUT2D eigenvalue weighted by molar-refractivity contribution is 6.31. The number of hydrogen-bond acceptors (Lipinski definition) is 2. The SMILES string of the molecule is COc1cccc(NC(=O)/C=C/c2ccc(C)c(Cl)c2)c1. The molecule has 2 rings (SSSR count). The average molecular weight is 302 g/mol. The number of rotatable bonds is 4. The van der Waals surface area contributed by atoms with E-state index in [9.17, 15) is 4.79 Å². The van der Waals surface area contributed by atoms with Crippen LogP contribution in [-0.4, -0.2) is 13.0 Å². The van der Waals surface area contributed by atoms with Gasteiger partial charge in [-0.15, -0.1) is 0 Å². The van der Waals surface area contributed by atoms with Crippen LogP contribution in [0.1, 0.15) is 11.1 Å². The minimum atomic E-state index is -0.208. The second-order valence-electron chi connectivity index (χ2n) is 4.56. The summed E-state index contributed by atoms with van der Waals surface area (Å²) >= 11 is 6.04. The minimum absolute atomic E-state index is 0.208. The fraction of sp³-hybridized carbons (Fsp3) is 0.118. The molecule has 4 heteroatoms. The van der Waals surface area contributed by atoms with Crippen molar-refractivity contribution in [3.05, 3.63) is 64.7 Å². The number of benzene rings is 2. The Labute approximate surface area is 129 Å². The van der Waals surface area contributed by atoms with Crippen LogP contribution in [0.2, 0.25) is 5.02 Å². The molecule has 1 N–H and O–H groups in total. The van der Waals surface area contributed by atoms with Crippen molar-refractivity contribution < 1.29 is 9.53 Å². The normalized spacial score (nSPS) is 10.6. The van der Waals surface area contributed by atoms with Gasteiger partial charge in [0.25, 0.3) is 0 Å². The molecular formula is C17H16ClNO2. The van der Waals surface area contributed by atoms with Gasteiger partial charge in [0, 0.05) is 22.9 Å². The molecule has 2 aromatic carbocycles. The molecule has 0 aromatic heterocycles. The molecule has 2 aromatic rings. The van der Waals surface area contributed by atoms with Crippen molar-refractivity contribution in [3.63, 3.8) is 0 Å². The largest absolute Gasteiger partial charge is 0.497 e. The van der Waals surface area contributed by atoms with Crippen LogP contribution in [0.4, 0.5) is 5.69 Å². The molecule has 0 heterocycles. The molecule has 108 valence electrons. The van der Waals surface area contributed by atoms with Crippen LogP contribution in [-0.2, 0) is 4.79 Å². The Morgan fingerprint density at radius 3 is 2.76 bits per heavy atom. The van der Waals surface area contributed by atoms with Gasteiger partial charge in [-0.25, -0.2) is 0 Å². The van der Waals surface area contributed by atoms with E-state index in [1.54, 1.807) is 25.3 Å². The highest BCUT2D eigenvalue weighted by atomic mass is 35.5. The predicted molar refractivity (Wildman–Crippen MR) is 86.8 cm³/mol. The summed E-state index contributed by atoms with van der Waals surface area (Å²) < 4.78 is 5.11. The maximum absolute atomic E-state index is 11.9. The number of methoxy groups -OCH3 is 1. The van der Waals surface area contributed by atoms with Gasteiger partial charge in [0.1, 0.15) is 5.75 Å². The van der Waals surface area contributed by atoms with E-state index in [2.05, 4.69) is 5.32 Å². The first-order chi connectivity index (χ1) is 10.1. The first-order valence-corrected chi connectivity index (χ1v) is 6.85. The molecule has 3 nitrogen and oxygen atoms in total. The van der Waals surface area contributed by atoms with E-state index in [1.165, 1.54) is 6.08 Å². The van der Waals surface area contributed by atoms with Crippen LogP contribution in [0, 0.1) is 6.92 Å². The van der Waals surface area contributed by atoms with Gasteiger partial charge in [0.05, 0.1) is 7.11 Å². The van der Waals surface area contributed by atoms with E-state index in [0.29, 0.717) is 16.5 Å². The lowest BCUT2D eigenvalue weighted by molar-refractivity contribution is -0.111. The summed E-state index contributed by atoms with van der Waals surface area (Å²) in [4.78, 5) is 11.9. The second kappa shape index (κ2) is 6.95. The number of aryl methyl sites for hydroxylation is 1. The van der Waals surface area contributed by atoms with E-state index < -0.39 is 0 Å². The van der Waals surface area contributed by atoms with Gasteiger partial charge in [-0.3, -0.25) is 4.79 Å². The molecule has 0 fully saturated rings. The molecule has 0 aliphatic heterocycles. The number of carbonyl (C=O) groups excluding carboxylic acids is 1. The minimum Gasteiger partial charge on any atom is -0.497 e. The predicted octanol–water partition coefficient (Wildman–Crippen LogP) is 4.31. The van der Waals surface area contributed by atoms with Gasteiger partial charge in [-0.2, -0.15) is 0 Å². The zero-order valence-electron chi connectivity index (χ0n) is 11.9. The lowest BCUT2D eigenvalue weighted by Gasteiger charge is -2.04. The Balaban J connectivity index is 2.03. The average Bonchev–Trinajstić information content (AvgIpc) is 2.48. The molecule has 0 saturated carbocycles. The molecule has 0 radical (unpaired) electrons.